The van der Waals surface area contributed by atoms with E-state index in [0.717, 1.165) is 5.56 Å². The summed E-state index contributed by atoms with van der Waals surface area (Å²) in [6.45, 7) is 1.12. The SMILES string of the molecule is FC(F)(F)c1[nH]nnc1-c1ccnc(-c2cn(C[C@H]3COc4c(Cl)cccc43)cn2)c1. The Morgan fingerprint density at radius 1 is 1.19 bits per heavy atom. The second kappa shape index (κ2) is 7.38. The number of benzene rings is 1. The fraction of sp³-hybridized carbons (Fsp3) is 0.200. The molecule has 0 spiro atoms. The number of alkyl halides is 3. The van der Waals surface area contributed by atoms with Gasteiger partial charge in [0.1, 0.15) is 17.1 Å². The number of imidazole rings is 1. The van der Waals surface area contributed by atoms with Crippen LogP contribution >= 0.6 is 11.6 Å². The molecule has 31 heavy (non-hydrogen) atoms. The zero-order valence-corrected chi connectivity index (χ0v) is 16.5. The van der Waals surface area contributed by atoms with Gasteiger partial charge in [0.05, 0.1) is 23.7 Å². The molecule has 158 valence electrons. The standard InChI is InChI=1S/C20H14ClF3N6O/c21-14-3-1-2-13-12(9-31-18(13)14)7-30-8-16(26-10-30)15-6-11(4-5-25-15)17-19(20(22,23)24)28-29-27-17/h1-6,8,10,12H,7,9H2,(H,27,28,29)/t12-/m0/s1. The third-order valence-corrected chi connectivity index (χ3v) is 5.36. The van der Waals surface area contributed by atoms with Gasteiger partial charge in [-0.2, -0.15) is 13.2 Å². The molecule has 0 unspecified atom stereocenters. The fourth-order valence-corrected chi connectivity index (χ4v) is 3.85. The molecule has 4 aromatic rings. The number of hydrogen-bond donors (Lipinski definition) is 1. The number of pyridine rings is 1. The minimum atomic E-state index is -4.59. The summed E-state index contributed by atoms with van der Waals surface area (Å²) >= 11 is 6.18. The van der Waals surface area contributed by atoms with Gasteiger partial charge in [-0.15, -0.1) is 5.10 Å². The van der Waals surface area contributed by atoms with Gasteiger partial charge in [-0.1, -0.05) is 28.9 Å². The summed E-state index contributed by atoms with van der Waals surface area (Å²) in [5.74, 6) is 0.816. The van der Waals surface area contributed by atoms with Gasteiger partial charge < -0.3 is 9.30 Å². The highest BCUT2D eigenvalue weighted by Gasteiger charge is 2.37. The first-order valence-corrected chi connectivity index (χ1v) is 9.66. The van der Waals surface area contributed by atoms with Crippen molar-refractivity contribution < 1.29 is 17.9 Å². The molecule has 11 heteroatoms. The molecule has 1 N–H and O–H groups in total. The highest BCUT2D eigenvalue weighted by molar-refractivity contribution is 6.32. The third kappa shape index (κ3) is 3.63. The number of H-pyrrole nitrogens is 1. The number of hydrogen-bond acceptors (Lipinski definition) is 5. The number of aromatic amines is 1. The molecule has 0 amide bonds. The number of halogens is 4. The molecule has 0 radical (unpaired) electrons. The average molecular weight is 447 g/mol. The quantitative estimate of drug-likeness (QED) is 0.496. The molecule has 1 atom stereocenters. The molecule has 0 bridgehead atoms. The molecule has 0 saturated carbocycles. The maximum absolute atomic E-state index is 13.2. The van der Waals surface area contributed by atoms with Crippen molar-refractivity contribution in [1.29, 1.82) is 0 Å². The Hall–Kier alpha value is -3.40. The van der Waals surface area contributed by atoms with E-state index in [2.05, 4.69) is 20.3 Å². The monoisotopic (exact) mass is 446 g/mol. The Labute approximate surface area is 178 Å². The van der Waals surface area contributed by atoms with E-state index >= 15 is 0 Å². The van der Waals surface area contributed by atoms with Gasteiger partial charge >= 0.3 is 6.18 Å². The lowest BCUT2D eigenvalue weighted by Gasteiger charge is -2.09. The first kappa shape index (κ1) is 19.6. The second-order valence-corrected chi connectivity index (χ2v) is 7.49. The lowest BCUT2D eigenvalue weighted by atomic mass is 10.0. The summed E-state index contributed by atoms with van der Waals surface area (Å²) in [6, 6.07) is 8.61. The van der Waals surface area contributed by atoms with Crippen LogP contribution in [-0.4, -0.2) is 36.6 Å². The summed E-state index contributed by atoms with van der Waals surface area (Å²) < 4.78 is 47.1. The zero-order valence-electron chi connectivity index (χ0n) is 15.8. The Morgan fingerprint density at radius 3 is 2.90 bits per heavy atom. The van der Waals surface area contributed by atoms with Crippen LogP contribution in [0.1, 0.15) is 17.2 Å². The molecule has 5 rings (SSSR count). The minimum absolute atomic E-state index is 0.111. The minimum Gasteiger partial charge on any atom is -0.491 e. The van der Waals surface area contributed by atoms with E-state index in [-0.39, 0.29) is 17.2 Å². The van der Waals surface area contributed by atoms with Crippen molar-refractivity contribution in [3.8, 4) is 28.4 Å². The van der Waals surface area contributed by atoms with Crippen LogP contribution < -0.4 is 4.74 Å². The molecule has 0 aliphatic carbocycles. The molecule has 4 heterocycles. The molecule has 7 nitrogen and oxygen atoms in total. The largest absolute Gasteiger partial charge is 0.491 e. The van der Waals surface area contributed by atoms with Gasteiger partial charge in [0.25, 0.3) is 0 Å². The van der Waals surface area contributed by atoms with Crippen LogP contribution in [0, 0.1) is 0 Å². The predicted octanol–water partition coefficient (Wildman–Crippen LogP) is 4.58. The van der Waals surface area contributed by atoms with Crippen molar-refractivity contribution in [2.24, 2.45) is 0 Å². The normalized spacial score (nSPS) is 15.7. The van der Waals surface area contributed by atoms with Crippen molar-refractivity contribution >= 4 is 11.6 Å². The fourth-order valence-electron chi connectivity index (χ4n) is 3.62. The molecule has 1 aliphatic rings. The Morgan fingerprint density at radius 2 is 2.06 bits per heavy atom. The van der Waals surface area contributed by atoms with Crippen LogP contribution in [0.5, 0.6) is 5.75 Å². The van der Waals surface area contributed by atoms with E-state index in [9.17, 15) is 13.2 Å². The highest BCUT2D eigenvalue weighted by Crippen LogP contribution is 2.40. The molecular weight excluding hydrogens is 433 g/mol. The Balaban J connectivity index is 1.40. The van der Waals surface area contributed by atoms with Gasteiger partial charge in [0.15, 0.2) is 5.69 Å². The van der Waals surface area contributed by atoms with Crippen molar-refractivity contribution in [3.63, 3.8) is 0 Å². The summed E-state index contributed by atoms with van der Waals surface area (Å²) in [5, 5.41) is 9.38. The van der Waals surface area contributed by atoms with Crippen molar-refractivity contribution in [3.05, 3.63) is 65.3 Å². The van der Waals surface area contributed by atoms with E-state index in [1.54, 1.807) is 18.6 Å². The maximum Gasteiger partial charge on any atom is 0.435 e. The smallest absolute Gasteiger partial charge is 0.435 e. The van der Waals surface area contributed by atoms with Crippen LogP contribution in [0.4, 0.5) is 13.2 Å². The summed E-state index contributed by atoms with van der Waals surface area (Å²) in [6.07, 6.45) is 0.277. The number of para-hydroxylation sites is 1. The topological polar surface area (TPSA) is 81.5 Å². The first-order chi connectivity index (χ1) is 14.9. The van der Waals surface area contributed by atoms with Crippen LogP contribution in [0.2, 0.25) is 5.02 Å². The van der Waals surface area contributed by atoms with E-state index in [1.807, 2.05) is 21.8 Å². The van der Waals surface area contributed by atoms with E-state index in [1.165, 1.54) is 18.3 Å². The van der Waals surface area contributed by atoms with Crippen molar-refractivity contribution in [2.75, 3.05) is 6.61 Å². The van der Waals surface area contributed by atoms with E-state index < -0.39 is 11.9 Å². The number of fused-ring (bicyclic) bond motifs is 1. The Kier molecular flexibility index (Phi) is 4.66. The molecule has 0 saturated heterocycles. The van der Waals surface area contributed by atoms with Gasteiger partial charge in [0, 0.05) is 36.0 Å². The molecule has 3 aromatic heterocycles. The number of aromatic nitrogens is 6. The number of ether oxygens (including phenoxy) is 1. The second-order valence-electron chi connectivity index (χ2n) is 7.08. The lowest BCUT2D eigenvalue weighted by Crippen LogP contribution is -2.09. The highest BCUT2D eigenvalue weighted by atomic mass is 35.5. The molecule has 1 aliphatic heterocycles. The number of nitrogens with zero attached hydrogens (tertiary/aromatic N) is 5. The summed E-state index contributed by atoms with van der Waals surface area (Å²) in [7, 11) is 0. The predicted molar refractivity (Wildman–Crippen MR) is 106 cm³/mol. The summed E-state index contributed by atoms with van der Waals surface area (Å²) in [4.78, 5) is 8.61. The van der Waals surface area contributed by atoms with Crippen molar-refractivity contribution in [1.82, 2.24) is 29.9 Å². The average Bonchev–Trinajstić information content (AvgIpc) is 3.48. The number of rotatable bonds is 4. The first-order valence-electron chi connectivity index (χ1n) is 9.28. The van der Waals surface area contributed by atoms with Crippen molar-refractivity contribution in [2.45, 2.75) is 18.6 Å². The van der Waals surface area contributed by atoms with Crippen LogP contribution in [-0.2, 0) is 12.7 Å². The van der Waals surface area contributed by atoms with E-state index in [4.69, 9.17) is 16.3 Å². The zero-order chi connectivity index (χ0) is 21.6. The lowest BCUT2D eigenvalue weighted by molar-refractivity contribution is -0.140. The maximum atomic E-state index is 13.2. The van der Waals surface area contributed by atoms with Gasteiger partial charge in [-0.05, 0) is 18.2 Å². The van der Waals surface area contributed by atoms with Gasteiger partial charge in [0.2, 0.25) is 0 Å². The van der Waals surface area contributed by atoms with Crippen LogP contribution in [0.25, 0.3) is 22.6 Å². The molecule has 1 aromatic carbocycles. The van der Waals surface area contributed by atoms with Crippen LogP contribution in [0.3, 0.4) is 0 Å². The third-order valence-electron chi connectivity index (χ3n) is 5.06. The van der Waals surface area contributed by atoms with Gasteiger partial charge in [-0.3, -0.25) is 10.1 Å². The summed E-state index contributed by atoms with van der Waals surface area (Å²) in [5.41, 5.74) is 0.950. The van der Waals surface area contributed by atoms with Crippen LogP contribution in [0.15, 0.2) is 49.1 Å². The number of nitrogens with one attached hydrogen (secondary N) is 1. The van der Waals surface area contributed by atoms with Gasteiger partial charge in [-0.25, -0.2) is 4.98 Å². The molecular formula is C20H14ClF3N6O. The van der Waals surface area contributed by atoms with E-state index in [0.29, 0.717) is 35.3 Å². The molecule has 0 fully saturated rings. The Bertz CT molecular complexity index is 1250.